The smallest absolute Gasteiger partial charge is 0.126 e. The van der Waals surface area contributed by atoms with Crippen LogP contribution in [-0.4, -0.2) is 18.0 Å². The van der Waals surface area contributed by atoms with Crippen LogP contribution < -0.4 is 5.19 Å². The first-order valence-electron chi connectivity index (χ1n) is 16.4. The normalized spacial score (nSPS) is 11.1. The van der Waals surface area contributed by atoms with Crippen molar-refractivity contribution >= 4 is 35.2 Å². The molecule has 8 rings (SSSR count). The fourth-order valence-electron chi connectivity index (χ4n) is 5.95. The molecule has 6 heteroatoms. The molecule has 0 N–H and O–H groups in total. The molecule has 0 aliphatic heterocycles. The third kappa shape index (κ3) is 7.74. The quantitative estimate of drug-likeness (QED) is 0.124. The van der Waals surface area contributed by atoms with Crippen molar-refractivity contribution in [3.8, 4) is 33.6 Å². The minimum absolute atomic E-state index is 0. The summed E-state index contributed by atoms with van der Waals surface area (Å²) in [5.74, 6) is -0.301. The first-order valence-corrected chi connectivity index (χ1v) is 19.9. The molecule has 0 atom stereocenters. The maximum absolute atomic E-state index is 13.5. The number of furan rings is 1. The average Bonchev–Trinajstić information content (AvgIpc) is 3.50. The molecule has 0 saturated heterocycles. The molecule has 249 valence electrons. The zero-order valence-corrected chi connectivity index (χ0v) is 31.5. The van der Waals surface area contributed by atoms with Gasteiger partial charge in [-0.2, -0.15) is 0 Å². The van der Waals surface area contributed by atoms with Crippen molar-refractivity contribution in [1.29, 1.82) is 0 Å². The van der Waals surface area contributed by atoms with Gasteiger partial charge in [0.25, 0.3) is 0 Å². The van der Waals surface area contributed by atoms with Crippen molar-refractivity contribution in [3.63, 3.8) is 0 Å². The number of fused-ring (bicyclic) bond motifs is 3. The Bertz CT molecular complexity index is 2340. The van der Waals surface area contributed by atoms with Crippen LogP contribution in [0.2, 0.25) is 19.6 Å². The number of halogens is 1. The Hall–Kier alpha value is -5.00. The van der Waals surface area contributed by atoms with Crippen LogP contribution in [0.25, 0.3) is 55.6 Å². The van der Waals surface area contributed by atoms with Gasteiger partial charge < -0.3 is 14.4 Å². The zero-order chi connectivity index (χ0) is 33.8. The minimum Gasteiger partial charge on any atom is -0.500 e. The maximum Gasteiger partial charge on any atom is 0.126 e. The van der Waals surface area contributed by atoms with E-state index < -0.39 is 8.07 Å². The third-order valence-corrected chi connectivity index (χ3v) is 10.6. The summed E-state index contributed by atoms with van der Waals surface area (Å²) >= 11 is 0. The van der Waals surface area contributed by atoms with E-state index in [1.165, 1.54) is 39.6 Å². The van der Waals surface area contributed by atoms with Gasteiger partial charge in [-0.1, -0.05) is 127 Å². The molecule has 3 aromatic heterocycles. The van der Waals surface area contributed by atoms with Gasteiger partial charge >= 0.3 is 0 Å². The molecule has 0 unspecified atom stereocenters. The summed E-state index contributed by atoms with van der Waals surface area (Å²) in [5.41, 5.74) is 9.91. The van der Waals surface area contributed by atoms with E-state index in [1.54, 1.807) is 6.07 Å². The molecule has 0 fully saturated rings. The number of hydrogen-bond donors (Lipinski definition) is 0. The monoisotopic (exact) mass is 847 g/mol. The van der Waals surface area contributed by atoms with E-state index in [0.717, 1.165) is 39.7 Å². The van der Waals surface area contributed by atoms with Crippen LogP contribution in [0.4, 0.5) is 4.39 Å². The van der Waals surface area contributed by atoms with Crippen molar-refractivity contribution in [2.75, 3.05) is 0 Å². The molecule has 0 aliphatic rings. The third-order valence-electron chi connectivity index (χ3n) is 8.58. The summed E-state index contributed by atoms with van der Waals surface area (Å²) in [7, 11) is -1.38. The molecule has 5 aromatic carbocycles. The van der Waals surface area contributed by atoms with E-state index >= 15 is 0 Å². The van der Waals surface area contributed by atoms with Crippen LogP contribution in [0.15, 0.2) is 150 Å². The van der Waals surface area contributed by atoms with Gasteiger partial charge in [0.2, 0.25) is 0 Å². The second-order valence-electron chi connectivity index (χ2n) is 13.0. The standard InChI is InChI=1S/C24H18N.C20H17FNOSi.Ir/c1-3-9-19(10-4-1)17-22-18-21(24-13-7-8-16-25-24)14-15-23(22)20-11-5-2-6-12-20;1-24(2,3)14-8-10-18(22-12-14)17-6-4-5-16-15-9-7-13(21)11-19(15)23-20(16)17;/h1-13,15-16,18H,17H2;4-5,7-12H,1-3H3;/q2*-1;. The number of aromatic nitrogens is 2. The molecular formula is C44H35FIrN2OSi-2. The predicted octanol–water partition coefficient (Wildman–Crippen LogP) is 10.9. The molecule has 0 spiro atoms. The molecule has 0 bridgehead atoms. The summed E-state index contributed by atoms with van der Waals surface area (Å²) in [6, 6.07) is 50.6. The Kier molecular flexibility index (Phi) is 10.6. The maximum atomic E-state index is 13.5. The van der Waals surface area contributed by atoms with Crippen molar-refractivity contribution in [3.05, 3.63) is 175 Å². The van der Waals surface area contributed by atoms with Gasteiger partial charge in [0.15, 0.2) is 0 Å². The minimum atomic E-state index is -1.38. The first kappa shape index (κ1) is 34.8. The van der Waals surface area contributed by atoms with Gasteiger partial charge in [-0.3, -0.25) is 0 Å². The van der Waals surface area contributed by atoms with Gasteiger partial charge in [-0.15, -0.1) is 47.5 Å². The molecule has 1 radical (unpaired) electrons. The molecule has 3 nitrogen and oxygen atoms in total. The summed E-state index contributed by atoms with van der Waals surface area (Å²) < 4.78 is 19.4. The SMILES string of the molecule is C[Si](C)(C)c1ccc(-c2[c-]ccc3c2oc2cc(F)ccc23)nc1.[Ir].[c-]1cc(-c2ccccc2)c(Cc2ccccc2)cc1-c1ccccn1. The van der Waals surface area contributed by atoms with E-state index in [-0.39, 0.29) is 25.9 Å². The van der Waals surface area contributed by atoms with Crippen LogP contribution in [0, 0.1) is 17.9 Å². The summed E-state index contributed by atoms with van der Waals surface area (Å²) in [6.07, 6.45) is 4.67. The second kappa shape index (κ2) is 15.3. The molecule has 0 saturated carbocycles. The number of rotatable bonds is 6. The number of hydrogen-bond acceptors (Lipinski definition) is 3. The fourth-order valence-corrected chi connectivity index (χ4v) is 6.98. The van der Waals surface area contributed by atoms with Gasteiger partial charge in [-0.25, -0.2) is 4.39 Å². The van der Waals surface area contributed by atoms with Crippen LogP contribution in [0.3, 0.4) is 0 Å². The number of nitrogens with zero attached hydrogens (tertiary/aromatic N) is 2. The first-order chi connectivity index (χ1) is 23.8. The van der Waals surface area contributed by atoms with Gasteiger partial charge in [0.05, 0.1) is 13.7 Å². The molecule has 50 heavy (non-hydrogen) atoms. The van der Waals surface area contributed by atoms with Crippen molar-refractivity contribution in [2.24, 2.45) is 0 Å². The van der Waals surface area contributed by atoms with Gasteiger partial charge in [0.1, 0.15) is 11.4 Å². The van der Waals surface area contributed by atoms with E-state index in [1.807, 2.05) is 54.9 Å². The van der Waals surface area contributed by atoms with Crippen molar-refractivity contribution in [1.82, 2.24) is 9.97 Å². The second-order valence-corrected chi connectivity index (χ2v) is 18.1. The molecule has 8 aromatic rings. The van der Waals surface area contributed by atoms with Crippen molar-refractivity contribution in [2.45, 2.75) is 26.1 Å². The van der Waals surface area contributed by atoms with E-state index in [9.17, 15) is 4.39 Å². The van der Waals surface area contributed by atoms with E-state index in [4.69, 9.17) is 4.42 Å². The number of pyridine rings is 2. The topological polar surface area (TPSA) is 38.9 Å². The van der Waals surface area contributed by atoms with Crippen LogP contribution in [-0.2, 0) is 26.5 Å². The summed E-state index contributed by atoms with van der Waals surface area (Å²) in [6.45, 7) is 6.89. The average molecular weight is 847 g/mol. The van der Waals surface area contributed by atoms with Crippen LogP contribution in [0.1, 0.15) is 11.1 Å². The largest absolute Gasteiger partial charge is 0.500 e. The molecule has 0 amide bonds. The predicted molar refractivity (Wildman–Crippen MR) is 202 cm³/mol. The zero-order valence-electron chi connectivity index (χ0n) is 28.1. The van der Waals surface area contributed by atoms with Gasteiger partial charge in [-0.05, 0) is 46.8 Å². The Morgan fingerprint density at radius 1 is 0.720 bits per heavy atom. The Balaban J connectivity index is 0.000000170. The summed E-state index contributed by atoms with van der Waals surface area (Å²) in [5, 5.41) is 3.17. The molecule has 3 heterocycles. The van der Waals surface area contributed by atoms with Crippen LogP contribution in [0.5, 0.6) is 0 Å². The van der Waals surface area contributed by atoms with E-state index in [2.05, 4.69) is 115 Å². The fraction of sp³-hybridized carbons (Fsp3) is 0.0909. The van der Waals surface area contributed by atoms with Crippen molar-refractivity contribution < 1.29 is 28.9 Å². The molecular weight excluding hydrogens is 812 g/mol. The molecule has 0 aliphatic carbocycles. The Morgan fingerprint density at radius 3 is 2.18 bits per heavy atom. The Labute approximate surface area is 307 Å². The van der Waals surface area contributed by atoms with E-state index in [0.29, 0.717) is 11.2 Å². The van der Waals surface area contributed by atoms with Gasteiger partial charge in [0, 0.05) is 44.0 Å². The van der Waals surface area contributed by atoms with Crippen LogP contribution >= 0.6 is 0 Å². The Morgan fingerprint density at radius 2 is 1.48 bits per heavy atom. The number of benzene rings is 5. The summed E-state index contributed by atoms with van der Waals surface area (Å²) in [4.78, 5) is 9.09.